The van der Waals surface area contributed by atoms with Crippen molar-refractivity contribution in [2.24, 2.45) is 0 Å². The van der Waals surface area contributed by atoms with Crippen LogP contribution in [-0.4, -0.2) is 33.7 Å². The van der Waals surface area contributed by atoms with Crippen LogP contribution in [0.5, 0.6) is 0 Å². The number of carbonyl (C=O) groups is 1. The highest BCUT2D eigenvalue weighted by molar-refractivity contribution is 7.57. The molecule has 0 aliphatic carbocycles. The van der Waals surface area contributed by atoms with Crippen molar-refractivity contribution < 1.29 is 18.6 Å². The maximum Gasteiger partial charge on any atom is 0.306 e. The fourth-order valence-corrected chi connectivity index (χ4v) is 4.67. The molecule has 27 heavy (non-hydrogen) atoms. The van der Waals surface area contributed by atoms with Crippen LogP contribution in [0.25, 0.3) is 11.0 Å². The van der Waals surface area contributed by atoms with Crippen LogP contribution in [0.15, 0.2) is 54.6 Å². The van der Waals surface area contributed by atoms with Gasteiger partial charge in [-0.05, 0) is 24.6 Å². The molecule has 1 unspecified atom stereocenters. The highest BCUT2D eigenvalue weighted by atomic mass is 31.2. The molecule has 2 aromatic carbocycles. The average molecular weight is 387 g/mol. The normalized spacial score (nSPS) is 13.4. The number of para-hydroxylation sites is 1. The lowest BCUT2D eigenvalue weighted by Crippen LogP contribution is -2.11. The summed E-state index contributed by atoms with van der Waals surface area (Å²) in [5.74, 6) is -0.401. The van der Waals surface area contributed by atoms with Gasteiger partial charge in [0.05, 0.1) is 18.5 Å². The molecule has 0 bridgehead atoms. The van der Waals surface area contributed by atoms with Gasteiger partial charge in [-0.2, -0.15) is 0 Å². The Balaban J connectivity index is 1.60. The van der Waals surface area contributed by atoms with Crippen LogP contribution < -0.4 is 0 Å². The lowest BCUT2D eigenvalue weighted by molar-refractivity contribution is -0.144. The maximum absolute atomic E-state index is 13.2. The molecule has 0 N–H and O–H groups in total. The van der Waals surface area contributed by atoms with Crippen LogP contribution in [0.3, 0.4) is 0 Å². The minimum atomic E-state index is -3.10. The van der Waals surface area contributed by atoms with Crippen molar-refractivity contribution in [1.29, 1.82) is 0 Å². The molecule has 142 valence electrons. The molecule has 1 heterocycles. The SMILES string of the molecule is CCOP(=O)(CCC(=O)OCc1ccccc1)Cn1nnc2ccccc21. The third-order valence-electron chi connectivity index (χ3n) is 4.03. The van der Waals surface area contributed by atoms with E-state index in [1.165, 1.54) is 0 Å². The Kier molecular flexibility index (Phi) is 6.37. The Labute approximate surface area is 157 Å². The monoisotopic (exact) mass is 387 g/mol. The number of carbonyl (C=O) groups excluding carboxylic acids is 1. The van der Waals surface area contributed by atoms with E-state index >= 15 is 0 Å². The molecule has 0 saturated carbocycles. The first-order chi connectivity index (χ1) is 13.1. The fourth-order valence-electron chi connectivity index (χ4n) is 2.71. The highest BCUT2D eigenvalue weighted by Crippen LogP contribution is 2.49. The number of nitrogens with zero attached hydrogens (tertiary/aromatic N) is 3. The van der Waals surface area contributed by atoms with Gasteiger partial charge >= 0.3 is 5.97 Å². The van der Waals surface area contributed by atoms with Gasteiger partial charge < -0.3 is 9.26 Å². The highest BCUT2D eigenvalue weighted by Gasteiger charge is 2.26. The van der Waals surface area contributed by atoms with Gasteiger partial charge in [-0.25, -0.2) is 4.68 Å². The molecule has 8 heteroatoms. The summed E-state index contributed by atoms with van der Waals surface area (Å²) in [5, 5.41) is 8.13. The Morgan fingerprint density at radius 2 is 1.85 bits per heavy atom. The van der Waals surface area contributed by atoms with Gasteiger partial charge in [-0.3, -0.25) is 9.36 Å². The van der Waals surface area contributed by atoms with Gasteiger partial charge in [-0.1, -0.05) is 47.7 Å². The van der Waals surface area contributed by atoms with Crippen LogP contribution in [0.1, 0.15) is 18.9 Å². The number of fused-ring (bicyclic) bond motifs is 1. The topological polar surface area (TPSA) is 83.3 Å². The molecule has 0 amide bonds. The lowest BCUT2D eigenvalue weighted by Gasteiger charge is -2.17. The van der Waals surface area contributed by atoms with Gasteiger partial charge in [0.1, 0.15) is 18.4 Å². The molecule has 0 aliphatic rings. The van der Waals surface area contributed by atoms with Gasteiger partial charge in [0.2, 0.25) is 7.37 Å². The van der Waals surface area contributed by atoms with E-state index in [4.69, 9.17) is 9.26 Å². The minimum absolute atomic E-state index is 0.0245. The summed E-state index contributed by atoms with van der Waals surface area (Å²) in [6, 6.07) is 16.9. The molecule has 0 radical (unpaired) electrons. The number of benzene rings is 2. The Morgan fingerprint density at radius 3 is 2.63 bits per heavy atom. The standard InChI is InChI=1S/C19H22N3O4P/c1-2-26-27(24,15-22-18-11-7-6-10-17(18)20-21-22)13-12-19(23)25-14-16-8-4-3-5-9-16/h3-11H,2,12-15H2,1H3. The molecular weight excluding hydrogens is 365 g/mol. The van der Waals surface area contributed by atoms with Gasteiger partial charge in [-0.15, -0.1) is 5.10 Å². The maximum atomic E-state index is 13.2. The fraction of sp³-hybridized carbons (Fsp3) is 0.316. The number of ether oxygens (including phenoxy) is 1. The summed E-state index contributed by atoms with van der Waals surface area (Å²) in [5.41, 5.74) is 2.42. The summed E-state index contributed by atoms with van der Waals surface area (Å²) in [7, 11) is -3.10. The number of hydrogen-bond donors (Lipinski definition) is 0. The number of rotatable bonds is 9. The first kappa shape index (κ1) is 19.3. The second kappa shape index (κ2) is 8.93. The Bertz CT molecular complexity index is 942. The zero-order valence-electron chi connectivity index (χ0n) is 15.2. The molecule has 0 fully saturated rings. The van der Waals surface area contributed by atoms with Crippen molar-refractivity contribution in [2.45, 2.75) is 26.2 Å². The molecule has 3 rings (SSSR count). The largest absolute Gasteiger partial charge is 0.461 e. The zero-order valence-corrected chi connectivity index (χ0v) is 16.0. The van der Waals surface area contributed by atoms with Crippen molar-refractivity contribution in [1.82, 2.24) is 15.0 Å². The van der Waals surface area contributed by atoms with E-state index in [2.05, 4.69) is 10.3 Å². The van der Waals surface area contributed by atoms with E-state index < -0.39 is 13.3 Å². The van der Waals surface area contributed by atoms with Crippen molar-refractivity contribution in [3.05, 3.63) is 60.2 Å². The van der Waals surface area contributed by atoms with E-state index in [1.807, 2.05) is 54.6 Å². The summed E-state index contributed by atoms with van der Waals surface area (Å²) in [6.07, 6.45) is 0.201. The van der Waals surface area contributed by atoms with Gasteiger partial charge in [0.25, 0.3) is 0 Å². The van der Waals surface area contributed by atoms with Gasteiger partial charge in [0, 0.05) is 6.16 Å². The molecule has 0 spiro atoms. The van der Waals surface area contributed by atoms with E-state index in [0.29, 0.717) is 6.61 Å². The van der Waals surface area contributed by atoms with E-state index in [-0.39, 0.29) is 25.5 Å². The zero-order chi connectivity index (χ0) is 19.1. The third kappa shape index (κ3) is 5.25. The summed E-state index contributed by atoms with van der Waals surface area (Å²) >= 11 is 0. The molecule has 1 atom stereocenters. The minimum Gasteiger partial charge on any atom is -0.461 e. The quantitative estimate of drug-likeness (QED) is 0.410. The van der Waals surface area contributed by atoms with Crippen molar-refractivity contribution in [3.63, 3.8) is 0 Å². The molecular formula is C19H22N3O4P. The van der Waals surface area contributed by atoms with Crippen LogP contribution in [-0.2, 0) is 31.5 Å². The molecule has 3 aromatic rings. The Hall–Kier alpha value is -2.50. The molecule has 7 nitrogen and oxygen atoms in total. The van der Waals surface area contributed by atoms with Crippen LogP contribution in [0.4, 0.5) is 0 Å². The van der Waals surface area contributed by atoms with Crippen LogP contribution in [0.2, 0.25) is 0 Å². The van der Waals surface area contributed by atoms with Crippen LogP contribution in [0, 0.1) is 0 Å². The lowest BCUT2D eigenvalue weighted by atomic mass is 10.2. The van der Waals surface area contributed by atoms with Crippen molar-refractivity contribution in [3.8, 4) is 0 Å². The second-order valence-electron chi connectivity index (χ2n) is 6.07. The first-order valence-corrected chi connectivity index (χ1v) is 10.8. The molecule has 1 aromatic heterocycles. The van der Waals surface area contributed by atoms with Crippen molar-refractivity contribution >= 4 is 24.4 Å². The summed E-state index contributed by atoms with van der Waals surface area (Å²) < 4.78 is 25.5. The predicted molar refractivity (Wildman–Crippen MR) is 102 cm³/mol. The van der Waals surface area contributed by atoms with Gasteiger partial charge in [0.15, 0.2) is 0 Å². The molecule has 0 aliphatic heterocycles. The van der Waals surface area contributed by atoms with E-state index in [0.717, 1.165) is 16.6 Å². The number of hydrogen-bond acceptors (Lipinski definition) is 6. The van der Waals surface area contributed by atoms with Crippen LogP contribution >= 0.6 is 7.37 Å². The number of aromatic nitrogens is 3. The Morgan fingerprint density at radius 1 is 1.11 bits per heavy atom. The predicted octanol–water partition coefficient (Wildman–Crippen LogP) is 3.84. The third-order valence-corrected chi connectivity index (χ3v) is 6.37. The number of esters is 1. The first-order valence-electron chi connectivity index (χ1n) is 8.80. The summed E-state index contributed by atoms with van der Waals surface area (Å²) in [4.78, 5) is 12.0. The second-order valence-corrected chi connectivity index (χ2v) is 8.69. The smallest absolute Gasteiger partial charge is 0.306 e. The average Bonchev–Trinajstić information content (AvgIpc) is 3.08. The summed E-state index contributed by atoms with van der Waals surface area (Å²) in [6.45, 7) is 2.27. The van der Waals surface area contributed by atoms with Crippen molar-refractivity contribution in [2.75, 3.05) is 12.8 Å². The molecule has 0 saturated heterocycles. The van der Waals surface area contributed by atoms with E-state index in [1.54, 1.807) is 11.6 Å². The van der Waals surface area contributed by atoms with E-state index in [9.17, 15) is 9.36 Å².